The van der Waals surface area contributed by atoms with E-state index in [-0.39, 0.29) is 30.3 Å². The number of nitrogens with one attached hydrogen (secondary N) is 2. The zero-order valence-corrected chi connectivity index (χ0v) is 16.7. The van der Waals surface area contributed by atoms with Gasteiger partial charge in [0.15, 0.2) is 0 Å². The van der Waals surface area contributed by atoms with Crippen LogP contribution < -0.4 is 10.6 Å². The van der Waals surface area contributed by atoms with Crippen LogP contribution in [0.4, 0.5) is 5.69 Å². The lowest BCUT2D eigenvalue weighted by atomic mass is 9.92. The van der Waals surface area contributed by atoms with Crippen LogP contribution in [0.5, 0.6) is 0 Å². The summed E-state index contributed by atoms with van der Waals surface area (Å²) < 4.78 is 0. The summed E-state index contributed by atoms with van der Waals surface area (Å²) in [5.74, 6) is 0.677. The van der Waals surface area contributed by atoms with Gasteiger partial charge in [-0.3, -0.25) is 4.98 Å². The minimum Gasteiger partial charge on any atom is -0.412 e. The second-order valence-electron chi connectivity index (χ2n) is 5.86. The first-order valence-electron chi connectivity index (χ1n) is 8.31. The predicted octanol–water partition coefficient (Wildman–Crippen LogP) is 3.76. The van der Waals surface area contributed by atoms with Gasteiger partial charge in [-0.2, -0.15) is 0 Å². The molecule has 0 atom stereocenters. The zero-order chi connectivity index (χ0) is 15.2. The molecule has 0 saturated heterocycles. The van der Waals surface area contributed by atoms with Gasteiger partial charge >= 0.3 is 0 Å². The maximum absolute atomic E-state index is 5.67. The van der Waals surface area contributed by atoms with Gasteiger partial charge in [-0.15, -0.1) is 36.4 Å². The number of hydrogen-bond donors (Lipinski definition) is 2. The third-order valence-corrected chi connectivity index (χ3v) is 4.46. The van der Waals surface area contributed by atoms with Gasteiger partial charge in [0.05, 0.1) is 5.52 Å². The molecule has 4 N–H and O–H groups in total. The second kappa shape index (κ2) is 12.6. The van der Waals surface area contributed by atoms with Gasteiger partial charge in [0.25, 0.3) is 0 Å². The third kappa shape index (κ3) is 6.15. The molecule has 25 heavy (non-hydrogen) atoms. The number of halogens is 3. The maximum atomic E-state index is 5.67. The summed E-state index contributed by atoms with van der Waals surface area (Å²) in [5.41, 5.74) is 5.18. The maximum Gasteiger partial charge on any atom is 0.0726 e. The Hall–Kier alpha value is -0.780. The van der Waals surface area contributed by atoms with Crippen LogP contribution in [-0.4, -0.2) is 36.0 Å². The Morgan fingerprint density at radius 1 is 1.00 bits per heavy atom. The molecule has 1 aromatic heterocycles. The van der Waals surface area contributed by atoms with Gasteiger partial charge in [-0.05, 0) is 50.3 Å². The van der Waals surface area contributed by atoms with Crippen LogP contribution in [0.25, 0.3) is 10.9 Å². The summed E-state index contributed by atoms with van der Waals surface area (Å²) in [7, 11) is 0. The first kappa shape index (κ1) is 24.2. The molecule has 3 rings (SSSR count). The lowest BCUT2D eigenvalue weighted by Crippen LogP contribution is -2.20. The minimum absolute atomic E-state index is 0. The van der Waals surface area contributed by atoms with Crippen molar-refractivity contribution in [2.24, 2.45) is 0 Å². The van der Waals surface area contributed by atoms with Crippen molar-refractivity contribution in [1.82, 2.24) is 10.3 Å². The fraction of sp³-hybridized carbons (Fsp3) is 0.500. The summed E-state index contributed by atoms with van der Waals surface area (Å²) in [4.78, 5) is 4.88. The molecule has 1 heterocycles. The molecule has 0 aliphatic heterocycles. The smallest absolute Gasteiger partial charge is 0.0726 e. The molecule has 1 aromatic carbocycles. The topological polar surface area (TPSA) is 68.5 Å². The van der Waals surface area contributed by atoms with Crippen LogP contribution in [0, 0.1) is 0 Å². The largest absolute Gasteiger partial charge is 0.412 e. The monoisotopic (exact) mass is 407 g/mol. The van der Waals surface area contributed by atoms with Gasteiger partial charge in [-0.1, -0.05) is 18.2 Å². The highest BCUT2D eigenvalue weighted by atomic mass is 35.5. The lowest BCUT2D eigenvalue weighted by Gasteiger charge is -2.21. The number of nitrogens with zero attached hydrogens (tertiary/aromatic N) is 1. The van der Waals surface area contributed by atoms with Crippen LogP contribution in [0.2, 0.25) is 0 Å². The zero-order valence-electron chi connectivity index (χ0n) is 14.3. The Kier molecular flexibility index (Phi) is 12.2. The van der Waals surface area contributed by atoms with E-state index in [1.807, 2.05) is 0 Å². The molecule has 0 bridgehead atoms. The summed E-state index contributed by atoms with van der Waals surface area (Å²) in [5, 5.41) is 8.28. The summed E-state index contributed by atoms with van der Waals surface area (Å²) in [6, 6.07) is 8.49. The molecule has 0 spiro atoms. The van der Waals surface area contributed by atoms with E-state index in [1.165, 1.54) is 35.2 Å². The molecule has 4 nitrogen and oxygen atoms in total. The summed E-state index contributed by atoms with van der Waals surface area (Å²) in [6.45, 7) is 2.87. The molecule has 0 unspecified atom stereocenters. The first-order valence-corrected chi connectivity index (χ1v) is 8.84. The minimum atomic E-state index is 0. The van der Waals surface area contributed by atoms with Gasteiger partial charge < -0.3 is 16.1 Å². The molecule has 0 saturated carbocycles. The van der Waals surface area contributed by atoms with Gasteiger partial charge in [-0.25, -0.2) is 0 Å². The molecule has 0 radical (unpaired) electrons. The van der Waals surface area contributed by atoms with Crippen molar-refractivity contribution < 1.29 is 5.48 Å². The van der Waals surface area contributed by atoms with E-state index < -0.39 is 0 Å². The Morgan fingerprint density at radius 3 is 2.56 bits per heavy atom. The van der Waals surface area contributed by atoms with Crippen LogP contribution in [0.3, 0.4) is 0 Å². The van der Waals surface area contributed by atoms with Crippen molar-refractivity contribution in [3.05, 3.63) is 35.5 Å². The first-order chi connectivity index (χ1) is 10.9. The number of fused-ring (bicyclic) bond motifs is 2. The lowest BCUT2D eigenvalue weighted by molar-refractivity contribution is 0.669. The van der Waals surface area contributed by atoms with Crippen molar-refractivity contribution >= 4 is 53.0 Å². The highest BCUT2D eigenvalue weighted by Crippen LogP contribution is 2.33. The quantitative estimate of drug-likeness (QED) is 0.541. The summed E-state index contributed by atoms with van der Waals surface area (Å²) >= 11 is 5.67. The highest BCUT2D eigenvalue weighted by molar-refractivity contribution is 6.18. The SMILES string of the molecule is Cl.Cl.ClCCNCCCNc1c2c(nc3ccccc13)CCCC2.O. The van der Waals surface area contributed by atoms with E-state index >= 15 is 0 Å². The molecule has 0 amide bonds. The van der Waals surface area contributed by atoms with Gasteiger partial charge in [0, 0.05) is 35.7 Å². The molecular formula is C18H28Cl3N3O. The van der Waals surface area contributed by atoms with Crippen molar-refractivity contribution in [2.45, 2.75) is 32.1 Å². The van der Waals surface area contributed by atoms with Crippen LogP contribution in [0.15, 0.2) is 24.3 Å². The van der Waals surface area contributed by atoms with Crippen LogP contribution in [0.1, 0.15) is 30.5 Å². The average Bonchev–Trinajstić information content (AvgIpc) is 2.57. The van der Waals surface area contributed by atoms with E-state index in [0.717, 1.165) is 44.4 Å². The Morgan fingerprint density at radius 2 is 1.76 bits per heavy atom. The highest BCUT2D eigenvalue weighted by Gasteiger charge is 2.17. The number of rotatable bonds is 7. The van der Waals surface area contributed by atoms with E-state index in [1.54, 1.807) is 0 Å². The van der Waals surface area contributed by atoms with Crippen LogP contribution in [-0.2, 0) is 12.8 Å². The molecule has 1 aliphatic carbocycles. The molecule has 142 valence electrons. The number of hydrogen-bond acceptors (Lipinski definition) is 3. The van der Waals surface area contributed by atoms with E-state index in [0.29, 0.717) is 5.88 Å². The Bertz CT molecular complexity index is 640. The van der Waals surface area contributed by atoms with Gasteiger partial charge in [0.1, 0.15) is 0 Å². The Balaban J connectivity index is 0.00000192. The number of para-hydroxylation sites is 1. The average molecular weight is 409 g/mol. The third-order valence-electron chi connectivity index (χ3n) is 4.27. The number of pyridine rings is 1. The fourth-order valence-corrected chi connectivity index (χ4v) is 3.33. The van der Waals surface area contributed by atoms with E-state index in [9.17, 15) is 0 Å². The standard InChI is InChI=1S/C18H24ClN3.2ClH.H2O/c19-10-13-20-11-5-12-21-18-14-6-1-3-8-16(14)22-17-9-4-2-7-15(17)18;;;/h1,3,6,8,20H,2,4-5,7,9-13H2,(H,21,22);2*1H;1H2. The van der Waals surface area contributed by atoms with Gasteiger partial charge in [0.2, 0.25) is 0 Å². The van der Waals surface area contributed by atoms with Crippen molar-refractivity contribution in [1.29, 1.82) is 0 Å². The van der Waals surface area contributed by atoms with E-state index in [4.69, 9.17) is 16.6 Å². The fourth-order valence-electron chi connectivity index (χ4n) is 3.19. The molecule has 0 fully saturated rings. The number of benzene rings is 1. The van der Waals surface area contributed by atoms with E-state index in [2.05, 4.69) is 34.9 Å². The molecule has 2 aromatic rings. The molecule has 1 aliphatic rings. The van der Waals surface area contributed by atoms with Crippen molar-refractivity contribution in [2.75, 3.05) is 30.8 Å². The number of anilines is 1. The Labute approximate surface area is 167 Å². The summed E-state index contributed by atoms with van der Waals surface area (Å²) in [6.07, 6.45) is 5.91. The number of aromatic nitrogens is 1. The second-order valence-corrected chi connectivity index (χ2v) is 6.23. The number of aryl methyl sites for hydroxylation is 1. The van der Waals surface area contributed by atoms with Crippen molar-refractivity contribution in [3.8, 4) is 0 Å². The normalized spacial score (nSPS) is 12.4. The number of alkyl halides is 1. The van der Waals surface area contributed by atoms with Crippen molar-refractivity contribution in [3.63, 3.8) is 0 Å². The molecule has 7 heteroatoms. The predicted molar refractivity (Wildman–Crippen MR) is 113 cm³/mol. The van der Waals surface area contributed by atoms with Crippen LogP contribution >= 0.6 is 36.4 Å². The molecular weight excluding hydrogens is 381 g/mol.